The molecule has 3 aromatic carbocycles. The van der Waals surface area contributed by atoms with Gasteiger partial charge in [0.1, 0.15) is 29.5 Å². The summed E-state index contributed by atoms with van der Waals surface area (Å²) in [5, 5.41) is 90.2. The number of carbonyl (C=O) groups is 1. The molecule has 0 aliphatic carbocycles. The highest BCUT2D eigenvalue weighted by molar-refractivity contribution is 14.1. The lowest BCUT2D eigenvalue weighted by molar-refractivity contribution is -0.136. The first-order valence-corrected chi connectivity index (χ1v) is 26.0. The number of aliphatic hydroxyl groups is 6. The number of aliphatic hydroxyl groups excluding tert-OH is 6. The number of nitrogens with one attached hydrogen (secondary N) is 2. The largest absolute Gasteiger partial charge is 0.493 e. The Kier molecular flexibility index (Phi) is 25.2. The number of carboxylic acid groups (broad SMARTS) is 1. The Hall–Kier alpha value is -2.38. The minimum atomic E-state index is -0.891. The van der Waals surface area contributed by atoms with E-state index in [-0.39, 0.29) is 19.0 Å². The van der Waals surface area contributed by atoms with Crippen LogP contribution in [0.2, 0.25) is 0 Å². The molecule has 364 valence electrons. The van der Waals surface area contributed by atoms with Crippen LogP contribution < -0.4 is 25.3 Å². The Labute approximate surface area is 439 Å². The third kappa shape index (κ3) is 21.5. The van der Waals surface area contributed by atoms with Gasteiger partial charge in [-0.1, -0.05) is 17.3 Å². The standard InChI is InChI=1S/C45H60I4N6O11/c46-38-19-28(21-42(62)63)20-39(47)44(38)66-37-22-40(48)43(41(49)23-37)65-26-29-25-55(54-53-29)17-15-34(60)11-9-32(58)7-5-30(56)3-4-31(57)6-8-33(59)10-12-35(61)16-18-64-36-13-1-27(2-14-36)24-52-45(50)51/h1-2,13-14,19-20,22-23,25,30-35,56-61H,3-12,15-18,21,24,26H2,(H,62,63)(H4,50,51,52). The summed E-state index contributed by atoms with van der Waals surface area (Å²) < 4.78 is 23.0. The van der Waals surface area contributed by atoms with Gasteiger partial charge in [-0.25, -0.2) is 0 Å². The van der Waals surface area contributed by atoms with Crippen molar-refractivity contribution in [2.45, 2.75) is 140 Å². The molecule has 0 spiro atoms. The van der Waals surface area contributed by atoms with Crippen molar-refractivity contribution in [3.8, 4) is 23.0 Å². The molecule has 0 aliphatic rings. The zero-order valence-electron chi connectivity index (χ0n) is 36.4. The van der Waals surface area contributed by atoms with Crippen LogP contribution in [0.25, 0.3) is 0 Å². The van der Waals surface area contributed by atoms with E-state index < -0.39 is 42.6 Å². The van der Waals surface area contributed by atoms with Crippen molar-refractivity contribution in [2.24, 2.45) is 5.73 Å². The number of aliphatic carboxylic acids is 1. The molecular weight excluding hydrogens is 1310 g/mol. The van der Waals surface area contributed by atoms with E-state index in [0.29, 0.717) is 131 Å². The van der Waals surface area contributed by atoms with Crippen molar-refractivity contribution in [2.75, 3.05) is 6.61 Å². The molecule has 0 radical (unpaired) electrons. The van der Waals surface area contributed by atoms with Crippen LogP contribution in [0.3, 0.4) is 0 Å². The van der Waals surface area contributed by atoms with E-state index in [4.69, 9.17) is 30.5 Å². The number of benzene rings is 3. The molecule has 0 fully saturated rings. The first-order chi connectivity index (χ1) is 31.4. The van der Waals surface area contributed by atoms with E-state index >= 15 is 0 Å². The first-order valence-electron chi connectivity index (χ1n) is 21.7. The van der Waals surface area contributed by atoms with Crippen LogP contribution in [0, 0.1) is 19.7 Å². The van der Waals surface area contributed by atoms with Crippen molar-refractivity contribution in [3.63, 3.8) is 0 Å². The van der Waals surface area contributed by atoms with Crippen LogP contribution in [0.15, 0.2) is 54.7 Å². The number of nitrogens with zero attached hydrogens (tertiary/aromatic N) is 3. The lowest BCUT2D eigenvalue weighted by atomic mass is 9.98. The molecule has 11 N–H and O–H groups in total. The summed E-state index contributed by atoms with van der Waals surface area (Å²) in [6, 6.07) is 14.7. The molecular formula is C45H60I4N6O11. The summed E-state index contributed by atoms with van der Waals surface area (Å²) in [6.07, 6.45) is 2.29. The van der Waals surface area contributed by atoms with Gasteiger partial charge in [-0.3, -0.25) is 14.9 Å². The molecule has 6 atom stereocenters. The van der Waals surface area contributed by atoms with Crippen molar-refractivity contribution in [1.82, 2.24) is 20.3 Å². The number of hydrogen-bond donors (Lipinski definition) is 10. The van der Waals surface area contributed by atoms with Gasteiger partial charge in [0.2, 0.25) is 0 Å². The normalized spacial score (nSPS) is 14.2. The van der Waals surface area contributed by atoms with Gasteiger partial charge < -0.3 is 61.0 Å². The second kappa shape index (κ2) is 29.6. The summed E-state index contributed by atoms with van der Waals surface area (Å²) >= 11 is 8.68. The molecule has 17 nitrogen and oxygen atoms in total. The van der Waals surface area contributed by atoms with Crippen molar-refractivity contribution in [3.05, 3.63) is 85.8 Å². The molecule has 4 rings (SSSR count). The highest BCUT2D eigenvalue weighted by atomic mass is 127. The molecule has 4 aromatic rings. The van der Waals surface area contributed by atoms with Crippen LogP contribution >= 0.6 is 90.4 Å². The number of ether oxygens (including phenoxy) is 3. The highest BCUT2D eigenvalue weighted by Gasteiger charge is 2.18. The second-order valence-corrected chi connectivity index (χ2v) is 20.8. The maximum atomic E-state index is 11.2. The Morgan fingerprint density at radius 1 is 0.652 bits per heavy atom. The van der Waals surface area contributed by atoms with E-state index in [9.17, 15) is 35.4 Å². The Morgan fingerprint density at radius 2 is 1.12 bits per heavy atom. The lowest BCUT2D eigenvalue weighted by Gasteiger charge is -2.18. The number of hydrogen-bond acceptors (Lipinski definition) is 13. The number of aromatic nitrogens is 3. The van der Waals surface area contributed by atoms with Crippen molar-refractivity contribution < 1.29 is 54.8 Å². The van der Waals surface area contributed by atoms with E-state index in [0.717, 1.165) is 19.8 Å². The quantitative estimate of drug-likeness (QED) is 0.0144. The Morgan fingerprint density at radius 3 is 1.61 bits per heavy atom. The van der Waals surface area contributed by atoms with E-state index in [1.807, 2.05) is 48.5 Å². The third-order valence-electron chi connectivity index (χ3n) is 10.5. The predicted molar refractivity (Wildman–Crippen MR) is 282 cm³/mol. The van der Waals surface area contributed by atoms with Crippen LogP contribution in [0.1, 0.15) is 93.9 Å². The van der Waals surface area contributed by atoms with Gasteiger partial charge in [0.25, 0.3) is 0 Å². The molecule has 0 bridgehead atoms. The van der Waals surface area contributed by atoms with Gasteiger partial charge in [0, 0.05) is 19.5 Å². The molecule has 1 heterocycles. The Balaban J connectivity index is 1.03. The monoisotopic (exact) mass is 1370 g/mol. The fourth-order valence-electron chi connectivity index (χ4n) is 6.78. The summed E-state index contributed by atoms with van der Waals surface area (Å²) in [4.78, 5) is 11.2. The third-order valence-corrected chi connectivity index (χ3v) is 13.7. The minimum Gasteiger partial charge on any atom is -0.493 e. The second-order valence-electron chi connectivity index (χ2n) is 16.2. The smallest absolute Gasteiger partial charge is 0.307 e. The van der Waals surface area contributed by atoms with Crippen molar-refractivity contribution >= 4 is 102 Å². The number of rotatable bonds is 31. The lowest BCUT2D eigenvalue weighted by Crippen LogP contribution is -2.29. The summed E-state index contributed by atoms with van der Waals surface area (Å²) in [5.74, 6) is 1.64. The van der Waals surface area contributed by atoms with Crippen LogP contribution in [0.5, 0.6) is 23.0 Å². The fourth-order valence-corrected chi connectivity index (χ4v) is 10.9. The zero-order chi connectivity index (χ0) is 48.2. The van der Waals surface area contributed by atoms with Gasteiger partial charge in [0.15, 0.2) is 11.7 Å². The molecule has 21 heteroatoms. The highest BCUT2D eigenvalue weighted by Crippen LogP contribution is 2.38. The molecule has 0 saturated carbocycles. The van der Waals surface area contributed by atoms with Gasteiger partial charge in [-0.15, -0.1) is 5.10 Å². The summed E-state index contributed by atoms with van der Waals surface area (Å²) in [6.45, 7) is 1.38. The molecule has 1 aromatic heterocycles. The molecule has 0 amide bonds. The fraction of sp³-hybridized carbons (Fsp3) is 0.511. The predicted octanol–water partition coefficient (Wildman–Crippen LogP) is 6.60. The van der Waals surface area contributed by atoms with Gasteiger partial charge in [0.05, 0.1) is 70.1 Å². The number of aryl methyl sites for hydroxylation is 1. The maximum absolute atomic E-state index is 11.2. The van der Waals surface area contributed by atoms with Crippen LogP contribution in [0.4, 0.5) is 0 Å². The molecule has 0 saturated heterocycles. The summed E-state index contributed by atoms with van der Waals surface area (Å²) in [7, 11) is 0. The maximum Gasteiger partial charge on any atom is 0.307 e. The number of carboxylic acids is 1. The average molecular weight is 1370 g/mol. The van der Waals surface area contributed by atoms with E-state index in [1.54, 1.807) is 10.9 Å². The number of guanidine groups is 1. The number of halogens is 4. The van der Waals surface area contributed by atoms with Crippen LogP contribution in [-0.2, 0) is 30.9 Å². The summed E-state index contributed by atoms with van der Waals surface area (Å²) in [5.41, 5.74) is 7.58. The minimum absolute atomic E-state index is 0.0604. The Bertz CT molecular complexity index is 2070. The molecule has 0 aliphatic heterocycles. The number of nitrogens with two attached hydrogens (primary N) is 1. The van der Waals surface area contributed by atoms with Gasteiger partial charge in [-0.2, -0.15) is 0 Å². The SMILES string of the molecule is N=C(N)NCc1ccc(OCCC(O)CCC(O)CCC(O)CCC(O)CCC(O)CCC(O)CCn2cc(COc3c(I)cc(Oc4c(I)cc(CC(=O)O)cc4I)cc3I)nn2)cc1. The van der Waals surface area contributed by atoms with Gasteiger partial charge in [-0.05, 0) is 209 Å². The molecule has 66 heavy (non-hydrogen) atoms. The first kappa shape index (κ1) is 56.2. The van der Waals surface area contributed by atoms with Crippen LogP contribution in [-0.4, -0.2) is 106 Å². The average Bonchev–Trinajstić information content (AvgIpc) is 3.72. The van der Waals surface area contributed by atoms with E-state index in [1.165, 1.54) is 0 Å². The topological polar surface area (TPSA) is 279 Å². The van der Waals surface area contributed by atoms with E-state index in [2.05, 4.69) is 106 Å². The van der Waals surface area contributed by atoms with Gasteiger partial charge >= 0.3 is 5.97 Å². The molecule has 6 unspecified atom stereocenters. The van der Waals surface area contributed by atoms with Crippen molar-refractivity contribution in [1.29, 1.82) is 5.41 Å². The zero-order valence-corrected chi connectivity index (χ0v) is 45.0.